The van der Waals surface area contributed by atoms with Gasteiger partial charge in [0.05, 0.1) is 0 Å². The first-order chi connectivity index (χ1) is 40.5. The number of carbonyl (C=O) groups excluding carboxylic acids is 3. The molecule has 1 unspecified atom stereocenters. The van der Waals surface area contributed by atoms with Crippen LogP contribution >= 0.6 is 0 Å². The molecule has 0 radical (unpaired) electrons. The molecule has 0 aromatic carbocycles. The summed E-state index contributed by atoms with van der Waals surface area (Å²) in [6.07, 6.45) is 98.7. The zero-order chi connectivity index (χ0) is 59.2. The van der Waals surface area contributed by atoms with E-state index in [1.165, 1.54) is 116 Å². The van der Waals surface area contributed by atoms with E-state index < -0.39 is 6.10 Å². The van der Waals surface area contributed by atoms with Crippen LogP contribution in [-0.2, 0) is 28.6 Å². The van der Waals surface area contributed by atoms with Crippen LogP contribution in [0.15, 0.2) is 146 Å². The first kappa shape index (κ1) is 77.3. The maximum Gasteiger partial charge on any atom is 0.306 e. The van der Waals surface area contributed by atoms with Gasteiger partial charge in [-0.15, -0.1) is 0 Å². The van der Waals surface area contributed by atoms with Gasteiger partial charge in [-0.2, -0.15) is 0 Å². The van der Waals surface area contributed by atoms with Gasteiger partial charge < -0.3 is 14.2 Å². The Hall–Kier alpha value is -4.71. The van der Waals surface area contributed by atoms with Crippen LogP contribution < -0.4 is 0 Å². The van der Waals surface area contributed by atoms with Crippen molar-refractivity contribution in [1.82, 2.24) is 0 Å². The highest BCUT2D eigenvalue weighted by Crippen LogP contribution is 2.16. The Morgan fingerprint density at radius 2 is 0.476 bits per heavy atom. The Kier molecular flexibility index (Phi) is 64.8. The fourth-order valence-corrected chi connectivity index (χ4v) is 9.10. The number of allylic oxidation sites excluding steroid dienone is 24. The molecule has 82 heavy (non-hydrogen) atoms. The summed E-state index contributed by atoms with van der Waals surface area (Å²) in [7, 11) is 0. The molecule has 0 aromatic rings. The Morgan fingerprint density at radius 3 is 0.744 bits per heavy atom. The number of hydrogen-bond donors (Lipinski definition) is 0. The highest BCUT2D eigenvalue weighted by atomic mass is 16.6. The second-order valence-electron chi connectivity index (χ2n) is 22.0. The van der Waals surface area contributed by atoms with E-state index in [0.717, 1.165) is 141 Å². The number of hydrogen-bond acceptors (Lipinski definition) is 6. The van der Waals surface area contributed by atoms with Gasteiger partial charge in [0.2, 0.25) is 0 Å². The molecule has 1 atom stereocenters. The van der Waals surface area contributed by atoms with Gasteiger partial charge >= 0.3 is 17.9 Å². The second-order valence-corrected chi connectivity index (χ2v) is 22.0. The molecule has 0 aliphatic carbocycles. The van der Waals surface area contributed by atoms with Gasteiger partial charge in [-0.3, -0.25) is 14.4 Å². The summed E-state index contributed by atoms with van der Waals surface area (Å²) in [5, 5.41) is 0. The molecule has 6 nitrogen and oxygen atoms in total. The van der Waals surface area contributed by atoms with Gasteiger partial charge in [0.15, 0.2) is 6.10 Å². The summed E-state index contributed by atoms with van der Waals surface area (Å²) < 4.78 is 16.9. The van der Waals surface area contributed by atoms with Gasteiger partial charge in [0, 0.05) is 19.3 Å². The summed E-state index contributed by atoms with van der Waals surface area (Å²) >= 11 is 0. The SMILES string of the molecule is CC/C=C\C/C=C\C/C=C\C/C=C\C/C=C\C/C=C\C/C=C\CCCCCCCCCC(=O)OCC(COC(=O)CCCCCCCCCC)OC(=O)CCCCCCCCCCCCC/C=C\C/C=C\C/C=C\C/C=C\C/C=C\CC. The molecule has 0 N–H and O–H groups in total. The van der Waals surface area contributed by atoms with Gasteiger partial charge in [-0.25, -0.2) is 0 Å². The van der Waals surface area contributed by atoms with Crippen molar-refractivity contribution in [2.45, 2.75) is 303 Å². The number of carbonyl (C=O) groups is 3. The summed E-state index contributed by atoms with van der Waals surface area (Å²) in [4.78, 5) is 38.2. The number of unbranched alkanes of at least 4 members (excludes halogenated alkanes) is 25. The van der Waals surface area contributed by atoms with Gasteiger partial charge in [-0.1, -0.05) is 301 Å². The molecule has 464 valence electrons. The largest absolute Gasteiger partial charge is 0.462 e. The topological polar surface area (TPSA) is 78.9 Å². The van der Waals surface area contributed by atoms with Crippen LogP contribution in [0.25, 0.3) is 0 Å². The highest BCUT2D eigenvalue weighted by Gasteiger charge is 2.19. The van der Waals surface area contributed by atoms with Crippen molar-refractivity contribution in [1.29, 1.82) is 0 Å². The minimum absolute atomic E-state index is 0.0849. The van der Waals surface area contributed by atoms with Crippen molar-refractivity contribution in [3.63, 3.8) is 0 Å². The Bertz CT molecular complexity index is 1780. The molecule has 0 saturated carbocycles. The number of ether oxygens (including phenoxy) is 3. The van der Waals surface area contributed by atoms with E-state index >= 15 is 0 Å². The second kappa shape index (κ2) is 68.8. The predicted octanol–water partition coefficient (Wildman–Crippen LogP) is 23.5. The lowest BCUT2D eigenvalue weighted by atomic mass is 10.0. The maximum atomic E-state index is 12.9. The van der Waals surface area contributed by atoms with E-state index in [-0.39, 0.29) is 31.1 Å². The van der Waals surface area contributed by atoms with Crippen molar-refractivity contribution in [3.05, 3.63) is 146 Å². The fourth-order valence-electron chi connectivity index (χ4n) is 9.10. The van der Waals surface area contributed by atoms with Crippen LogP contribution in [0.4, 0.5) is 0 Å². The van der Waals surface area contributed by atoms with E-state index in [0.29, 0.717) is 19.3 Å². The quantitative estimate of drug-likeness (QED) is 0.0261. The van der Waals surface area contributed by atoms with Crippen LogP contribution in [0.2, 0.25) is 0 Å². The molecule has 0 aromatic heterocycles. The third kappa shape index (κ3) is 66.1. The minimum atomic E-state index is -0.788. The molecule has 0 aliphatic rings. The Labute approximate surface area is 506 Å². The van der Waals surface area contributed by atoms with Crippen molar-refractivity contribution in [2.75, 3.05) is 13.2 Å². The molecule has 0 spiro atoms. The fraction of sp³-hybridized carbons (Fsp3) is 0.645. The lowest BCUT2D eigenvalue weighted by molar-refractivity contribution is -0.167. The van der Waals surface area contributed by atoms with Crippen molar-refractivity contribution < 1.29 is 28.6 Å². The summed E-state index contributed by atoms with van der Waals surface area (Å²) in [6, 6.07) is 0. The normalized spacial score (nSPS) is 13.1. The van der Waals surface area contributed by atoms with E-state index in [1.807, 2.05) is 0 Å². The molecule has 6 heteroatoms. The average Bonchev–Trinajstić information content (AvgIpc) is 3.47. The third-order valence-corrected chi connectivity index (χ3v) is 14.1. The molecule has 0 heterocycles. The molecule has 0 amide bonds. The summed E-state index contributed by atoms with van der Waals surface area (Å²) in [5.41, 5.74) is 0. The zero-order valence-electron chi connectivity index (χ0n) is 53.2. The van der Waals surface area contributed by atoms with E-state index in [4.69, 9.17) is 14.2 Å². The van der Waals surface area contributed by atoms with Crippen LogP contribution in [-0.4, -0.2) is 37.2 Å². The monoisotopic (exact) mass is 1130 g/mol. The van der Waals surface area contributed by atoms with E-state index in [9.17, 15) is 14.4 Å². The molecule has 0 aliphatic heterocycles. The maximum absolute atomic E-state index is 12.9. The Balaban J connectivity index is 4.22. The molecule has 0 rings (SSSR count). The summed E-state index contributed by atoms with van der Waals surface area (Å²) in [5.74, 6) is -0.901. The lowest BCUT2D eigenvalue weighted by Crippen LogP contribution is -2.30. The smallest absolute Gasteiger partial charge is 0.306 e. The molecule has 0 bridgehead atoms. The lowest BCUT2D eigenvalue weighted by Gasteiger charge is -2.18. The predicted molar refractivity (Wildman–Crippen MR) is 357 cm³/mol. The molecular weight excluding hydrogens is 1010 g/mol. The molecular formula is C76H124O6. The van der Waals surface area contributed by atoms with Crippen molar-refractivity contribution in [3.8, 4) is 0 Å². The zero-order valence-corrected chi connectivity index (χ0v) is 53.2. The molecule has 0 fully saturated rings. The average molecular weight is 1130 g/mol. The van der Waals surface area contributed by atoms with E-state index in [2.05, 4.69) is 167 Å². The van der Waals surface area contributed by atoms with Crippen LogP contribution in [0.1, 0.15) is 297 Å². The van der Waals surface area contributed by atoms with Gasteiger partial charge in [0.1, 0.15) is 13.2 Å². The number of esters is 3. The first-order valence-electron chi connectivity index (χ1n) is 33.8. The van der Waals surface area contributed by atoms with E-state index in [1.54, 1.807) is 0 Å². The highest BCUT2D eigenvalue weighted by molar-refractivity contribution is 5.71. The minimum Gasteiger partial charge on any atom is -0.462 e. The van der Waals surface area contributed by atoms with Crippen molar-refractivity contribution >= 4 is 17.9 Å². The van der Waals surface area contributed by atoms with Crippen LogP contribution in [0.5, 0.6) is 0 Å². The van der Waals surface area contributed by atoms with Crippen LogP contribution in [0, 0.1) is 0 Å². The standard InChI is InChI=1S/C76H124O6/c1-4-7-10-13-16-19-21-23-25-27-29-31-33-35-37-38-40-41-43-45-47-49-51-53-55-57-60-63-66-69-75(78)81-72-73(71-80-74(77)68-65-62-59-18-15-12-9-6-3)82-76(79)70-67-64-61-58-56-54-52-50-48-46-44-42-39-36-34-32-30-28-26-24-22-20-17-14-11-8-5-2/h7-8,10-11,16-17,19-20,23-26,29-32,35-37,39-41,45,47,73H,4-6,9,12-15,18,21-22,27-28,33-34,38,42-44,46,48-72H2,1-3H3/b10-7-,11-8-,19-16-,20-17-,25-23-,26-24-,31-29-,32-30-,37-35-,39-36-,41-40-,47-45-. The number of rotatable bonds is 60. The van der Waals surface area contributed by atoms with Crippen LogP contribution in [0.3, 0.4) is 0 Å². The summed E-state index contributed by atoms with van der Waals surface area (Å²) in [6.45, 7) is 6.38. The van der Waals surface area contributed by atoms with Gasteiger partial charge in [0.25, 0.3) is 0 Å². The molecule has 0 saturated heterocycles. The van der Waals surface area contributed by atoms with Crippen molar-refractivity contribution in [2.24, 2.45) is 0 Å². The third-order valence-electron chi connectivity index (χ3n) is 14.1. The van der Waals surface area contributed by atoms with Gasteiger partial charge in [-0.05, 0) is 122 Å². The first-order valence-corrected chi connectivity index (χ1v) is 33.8. The Morgan fingerprint density at radius 1 is 0.256 bits per heavy atom.